The van der Waals surface area contributed by atoms with E-state index in [0.29, 0.717) is 34.9 Å². The molecule has 0 aliphatic carbocycles. The first-order chi connectivity index (χ1) is 17.3. The van der Waals surface area contributed by atoms with E-state index in [1.165, 1.54) is 29.2 Å². The molecule has 0 bridgehead atoms. The molecule has 3 aromatic carbocycles. The monoisotopic (exact) mass is 507 g/mol. The van der Waals surface area contributed by atoms with Crippen LogP contribution in [-0.4, -0.2) is 34.8 Å². The zero-order valence-electron chi connectivity index (χ0n) is 20.1. The predicted octanol–water partition coefficient (Wildman–Crippen LogP) is 6.24. The number of aliphatic hydroxyl groups is 1. The van der Waals surface area contributed by atoms with Gasteiger partial charge >= 0.3 is 0 Å². The fraction of sp³-hybridized carbons (Fsp3) is 0.241. The molecular weight excluding hydrogens is 481 g/mol. The maximum atomic E-state index is 13.7. The Balaban J connectivity index is 1.74. The van der Waals surface area contributed by atoms with Gasteiger partial charge in [0.1, 0.15) is 17.3 Å². The minimum Gasteiger partial charge on any atom is -0.507 e. The highest BCUT2D eigenvalue weighted by atomic mass is 35.5. The first-order valence-corrected chi connectivity index (χ1v) is 12.2. The van der Waals surface area contributed by atoms with Crippen molar-refractivity contribution in [2.45, 2.75) is 32.7 Å². The largest absolute Gasteiger partial charge is 0.507 e. The number of halogens is 2. The normalized spacial score (nSPS) is 17.0. The van der Waals surface area contributed by atoms with Crippen molar-refractivity contribution in [3.05, 3.63) is 105 Å². The summed E-state index contributed by atoms with van der Waals surface area (Å²) < 4.78 is 19.4. The molecule has 36 heavy (non-hydrogen) atoms. The van der Waals surface area contributed by atoms with Gasteiger partial charge in [0, 0.05) is 17.1 Å². The van der Waals surface area contributed by atoms with E-state index in [4.69, 9.17) is 16.3 Å². The molecule has 1 N–H and O–H groups in total. The van der Waals surface area contributed by atoms with Crippen LogP contribution in [0.5, 0.6) is 5.75 Å². The smallest absolute Gasteiger partial charge is 0.295 e. The molecule has 0 spiro atoms. The van der Waals surface area contributed by atoms with Crippen LogP contribution in [0.1, 0.15) is 41.6 Å². The molecule has 1 heterocycles. The van der Waals surface area contributed by atoms with E-state index in [0.717, 1.165) is 17.5 Å². The number of ether oxygens (including phenoxy) is 1. The summed E-state index contributed by atoms with van der Waals surface area (Å²) >= 11 is 5.97. The number of benzene rings is 3. The molecule has 0 saturated carbocycles. The lowest BCUT2D eigenvalue weighted by Crippen LogP contribution is -2.31. The molecule has 1 saturated heterocycles. The topological polar surface area (TPSA) is 66.8 Å². The summed E-state index contributed by atoms with van der Waals surface area (Å²) in [6.45, 7) is 4.66. The number of hydrogen-bond acceptors (Lipinski definition) is 4. The number of Topliss-reactive ketones (excluding diaryl/α,β-unsaturated/α-hetero) is 1. The van der Waals surface area contributed by atoms with E-state index < -0.39 is 23.5 Å². The Kier molecular flexibility index (Phi) is 7.75. The number of carbonyl (C=O) groups is 2. The third-order valence-electron chi connectivity index (χ3n) is 6.19. The summed E-state index contributed by atoms with van der Waals surface area (Å²) in [7, 11) is 0. The van der Waals surface area contributed by atoms with E-state index in [9.17, 15) is 19.1 Å². The van der Waals surface area contributed by atoms with Crippen molar-refractivity contribution in [2.24, 2.45) is 0 Å². The molecule has 186 valence electrons. The Hall–Kier alpha value is -3.64. The van der Waals surface area contributed by atoms with Crippen LogP contribution < -0.4 is 4.74 Å². The number of hydrogen-bond donors (Lipinski definition) is 1. The van der Waals surface area contributed by atoms with Crippen molar-refractivity contribution in [1.82, 2.24) is 4.90 Å². The van der Waals surface area contributed by atoms with Gasteiger partial charge in [0.05, 0.1) is 18.2 Å². The first-order valence-electron chi connectivity index (χ1n) is 11.8. The van der Waals surface area contributed by atoms with Crippen LogP contribution in [0.25, 0.3) is 5.76 Å². The molecule has 1 aliphatic heterocycles. The van der Waals surface area contributed by atoms with Crippen molar-refractivity contribution in [1.29, 1.82) is 0 Å². The molecule has 1 aliphatic rings. The Labute approximate surface area is 214 Å². The van der Waals surface area contributed by atoms with Crippen LogP contribution in [0.15, 0.2) is 72.3 Å². The highest BCUT2D eigenvalue weighted by Gasteiger charge is 2.45. The number of rotatable bonds is 8. The van der Waals surface area contributed by atoms with Gasteiger partial charge in [-0.3, -0.25) is 9.59 Å². The van der Waals surface area contributed by atoms with Crippen molar-refractivity contribution in [2.75, 3.05) is 13.2 Å². The number of aliphatic hydroxyl groups excluding tert-OH is 1. The van der Waals surface area contributed by atoms with Gasteiger partial charge in [-0.05, 0) is 78.9 Å². The van der Waals surface area contributed by atoms with Crippen molar-refractivity contribution in [3.8, 4) is 5.75 Å². The summed E-state index contributed by atoms with van der Waals surface area (Å²) in [4.78, 5) is 27.8. The van der Waals surface area contributed by atoms with Gasteiger partial charge in [-0.1, -0.05) is 42.8 Å². The average Bonchev–Trinajstić information content (AvgIpc) is 3.12. The van der Waals surface area contributed by atoms with E-state index >= 15 is 0 Å². The number of carbonyl (C=O) groups excluding carboxylic acids is 2. The molecule has 1 atom stereocenters. The SMILES string of the molecule is CCCOc1ccc(/C(O)=C2/C(=O)C(=O)N(CCc3ccc(Cl)cc3)C2c2ccc(F)cc2)cc1C. The molecule has 3 aromatic rings. The van der Waals surface area contributed by atoms with Crippen LogP contribution in [0.3, 0.4) is 0 Å². The van der Waals surface area contributed by atoms with Gasteiger partial charge in [-0.2, -0.15) is 0 Å². The summed E-state index contributed by atoms with van der Waals surface area (Å²) in [5, 5.41) is 11.9. The molecular formula is C29H27ClFNO4. The third kappa shape index (κ3) is 5.29. The van der Waals surface area contributed by atoms with Gasteiger partial charge in [-0.15, -0.1) is 0 Å². The van der Waals surface area contributed by atoms with Gasteiger partial charge in [0.2, 0.25) is 0 Å². The molecule has 4 rings (SSSR count). The minimum absolute atomic E-state index is 0.0238. The maximum absolute atomic E-state index is 13.7. The molecule has 1 amide bonds. The Morgan fingerprint density at radius 3 is 2.39 bits per heavy atom. The maximum Gasteiger partial charge on any atom is 0.295 e. The molecule has 1 fully saturated rings. The molecule has 1 unspecified atom stereocenters. The second-order valence-electron chi connectivity index (χ2n) is 8.75. The molecule has 7 heteroatoms. The molecule has 0 radical (unpaired) electrons. The lowest BCUT2D eigenvalue weighted by atomic mass is 9.94. The fourth-order valence-corrected chi connectivity index (χ4v) is 4.46. The standard InChI is InChI=1S/C29H27ClFNO4/c1-3-16-36-24-13-8-21(17-18(24)2)27(33)25-26(20-6-11-23(31)12-7-20)32(29(35)28(25)34)15-14-19-4-9-22(30)10-5-19/h4-13,17,26,33H,3,14-16H2,1-2H3/b27-25-. The lowest BCUT2D eigenvalue weighted by molar-refractivity contribution is -0.139. The summed E-state index contributed by atoms with van der Waals surface area (Å²) in [5.41, 5.74) is 2.65. The van der Waals surface area contributed by atoms with E-state index in [1.807, 2.05) is 26.0 Å². The molecule has 5 nitrogen and oxygen atoms in total. The van der Waals surface area contributed by atoms with E-state index in [1.54, 1.807) is 30.3 Å². The quantitative estimate of drug-likeness (QED) is 0.222. The Bertz CT molecular complexity index is 1300. The van der Waals surface area contributed by atoms with E-state index in [-0.39, 0.29) is 17.9 Å². The van der Waals surface area contributed by atoms with Crippen LogP contribution in [-0.2, 0) is 16.0 Å². The Morgan fingerprint density at radius 2 is 1.75 bits per heavy atom. The van der Waals surface area contributed by atoms with Crippen molar-refractivity contribution < 1.29 is 23.8 Å². The highest BCUT2D eigenvalue weighted by molar-refractivity contribution is 6.46. The summed E-state index contributed by atoms with van der Waals surface area (Å²) in [6.07, 6.45) is 1.34. The first kappa shape index (κ1) is 25.5. The van der Waals surface area contributed by atoms with Gasteiger partial charge in [0.25, 0.3) is 11.7 Å². The zero-order chi connectivity index (χ0) is 25.8. The van der Waals surface area contributed by atoms with Crippen LogP contribution in [0, 0.1) is 12.7 Å². The zero-order valence-corrected chi connectivity index (χ0v) is 20.9. The minimum atomic E-state index is -0.853. The van der Waals surface area contributed by atoms with Crippen molar-refractivity contribution in [3.63, 3.8) is 0 Å². The summed E-state index contributed by atoms with van der Waals surface area (Å²) in [5.74, 6) is -1.51. The second-order valence-corrected chi connectivity index (χ2v) is 9.19. The number of ketones is 1. The van der Waals surface area contributed by atoms with Gasteiger partial charge < -0.3 is 14.7 Å². The lowest BCUT2D eigenvalue weighted by Gasteiger charge is -2.25. The van der Waals surface area contributed by atoms with E-state index in [2.05, 4.69) is 0 Å². The summed E-state index contributed by atoms with van der Waals surface area (Å²) in [6, 6.07) is 17.1. The van der Waals surface area contributed by atoms with Crippen molar-refractivity contribution >= 4 is 29.1 Å². The molecule has 0 aromatic heterocycles. The highest BCUT2D eigenvalue weighted by Crippen LogP contribution is 2.40. The number of likely N-dealkylation sites (tertiary alicyclic amines) is 1. The third-order valence-corrected chi connectivity index (χ3v) is 6.44. The van der Waals surface area contributed by atoms with Crippen LogP contribution in [0.2, 0.25) is 5.02 Å². The predicted molar refractivity (Wildman–Crippen MR) is 138 cm³/mol. The van der Waals surface area contributed by atoms with Crippen LogP contribution >= 0.6 is 11.6 Å². The van der Waals surface area contributed by atoms with Gasteiger partial charge in [-0.25, -0.2) is 4.39 Å². The Morgan fingerprint density at radius 1 is 1.06 bits per heavy atom. The number of amides is 1. The second kappa shape index (κ2) is 11.0. The van der Waals surface area contributed by atoms with Gasteiger partial charge in [0.15, 0.2) is 0 Å². The number of nitrogens with zero attached hydrogens (tertiary/aromatic N) is 1. The van der Waals surface area contributed by atoms with Crippen LogP contribution in [0.4, 0.5) is 4.39 Å². The average molecular weight is 508 g/mol. The number of aryl methyl sites for hydroxylation is 1. The fourth-order valence-electron chi connectivity index (χ4n) is 4.33.